The van der Waals surface area contributed by atoms with Crippen LogP contribution in [0.5, 0.6) is 0 Å². The molecule has 1 unspecified atom stereocenters. The summed E-state index contributed by atoms with van der Waals surface area (Å²) in [7, 11) is 0. The highest BCUT2D eigenvalue weighted by atomic mass is 16.3. The minimum absolute atomic E-state index is 0.275. The Labute approximate surface area is 82.7 Å². The van der Waals surface area contributed by atoms with Crippen molar-refractivity contribution in [3.8, 4) is 0 Å². The van der Waals surface area contributed by atoms with Crippen molar-refractivity contribution >= 4 is 0 Å². The molecule has 0 aromatic carbocycles. The largest absolute Gasteiger partial charge is 0.379 e. The number of rotatable bonds is 9. The van der Waals surface area contributed by atoms with Gasteiger partial charge in [0.05, 0.1) is 0 Å². The van der Waals surface area contributed by atoms with Crippen molar-refractivity contribution < 1.29 is 5.11 Å². The van der Waals surface area contributed by atoms with Gasteiger partial charge < -0.3 is 5.11 Å². The molecule has 0 radical (unpaired) electrons. The van der Waals surface area contributed by atoms with E-state index in [1.165, 1.54) is 32.1 Å². The molecule has 2 heteroatoms. The lowest BCUT2D eigenvalue weighted by molar-refractivity contribution is 0.124. The maximum atomic E-state index is 9.46. The Morgan fingerprint density at radius 2 is 1.62 bits per heavy atom. The van der Waals surface area contributed by atoms with Crippen molar-refractivity contribution in [3.05, 3.63) is 0 Å². The van der Waals surface area contributed by atoms with Gasteiger partial charge in [-0.25, -0.2) is 0 Å². The van der Waals surface area contributed by atoms with Crippen molar-refractivity contribution in [2.45, 2.75) is 65.0 Å². The SMILES string of the molecule is CCCCCNC(O)CCCCC. The Kier molecular flexibility index (Phi) is 9.94. The number of hydrogen-bond acceptors (Lipinski definition) is 2. The van der Waals surface area contributed by atoms with Crippen LogP contribution < -0.4 is 5.32 Å². The van der Waals surface area contributed by atoms with E-state index in [-0.39, 0.29) is 6.23 Å². The molecule has 0 amide bonds. The summed E-state index contributed by atoms with van der Waals surface area (Å²) in [5.41, 5.74) is 0. The number of unbranched alkanes of at least 4 members (excludes halogenated alkanes) is 4. The van der Waals surface area contributed by atoms with Gasteiger partial charge in [-0.05, 0) is 25.8 Å². The molecule has 0 spiro atoms. The van der Waals surface area contributed by atoms with E-state index in [2.05, 4.69) is 19.2 Å². The van der Waals surface area contributed by atoms with Crippen molar-refractivity contribution in [1.29, 1.82) is 0 Å². The Morgan fingerprint density at radius 3 is 2.23 bits per heavy atom. The average molecular weight is 187 g/mol. The minimum Gasteiger partial charge on any atom is -0.379 e. The van der Waals surface area contributed by atoms with Gasteiger partial charge in [0.15, 0.2) is 0 Å². The van der Waals surface area contributed by atoms with Crippen LogP contribution >= 0.6 is 0 Å². The van der Waals surface area contributed by atoms with Crippen LogP contribution in [0.4, 0.5) is 0 Å². The van der Waals surface area contributed by atoms with Crippen molar-refractivity contribution in [3.63, 3.8) is 0 Å². The molecule has 2 nitrogen and oxygen atoms in total. The molecule has 1 atom stereocenters. The Hall–Kier alpha value is -0.0800. The summed E-state index contributed by atoms with van der Waals surface area (Å²) in [6, 6.07) is 0. The lowest BCUT2D eigenvalue weighted by atomic mass is 10.2. The zero-order chi connectivity index (χ0) is 9.94. The van der Waals surface area contributed by atoms with Crippen LogP contribution in [-0.4, -0.2) is 17.9 Å². The number of hydrogen-bond donors (Lipinski definition) is 2. The summed E-state index contributed by atoms with van der Waals surface area (Å²) in [6.07, 6.45) is 7.90. The Bertz CT molecular complexity index is 96.1. The van der Waals surface area contributed by atoms with Gasteiger partial charge in [-0.3, -0.25) is 5.32 Å². The van der Waals surface area contributed by atoms with Crippen LogP contribution in [0.2, 0.25) is 0 Å². The molecule has 0 rings (SSSR count). The van der Waals surface area contributed by atoms with Crippen LogP contribution in [0.25, 0.3) is 0 Å². The molecule has 13 heavy (non-hydrogen) atoms. The van der Waals surface area contributed by atoms with Gasteiger partial charge in [-0.15, -0.1) is 0 Å². The molecule has 0 aromatic heterocycles. The first-order valence-electron chi connectivity index (χ1n) is 5.72. The maximum Gasteiger partial charge on any atom is 0.104 e. The number of aliphatic hydroxyl groups excluding tert-OH is 1. The molecule has 0 saturated heterocycles. The van der Waals surface area contributed by atoms with Crippen molar-refractivity contribution in [1.82, 2.24) is 5.32 Å². The normalized spacial score (nSPS) is 13.2. The lowest BCUT2D eigenvalue weighted by Gasteiger charge is -2.11. The average Bonchev–Trinajstić information content (AvgIpc) is 2.13. The monoisotopic (exact) mass is 187 g/mol. The van der Waals surface area contributed by atoms with Crippen LogP contribution in [0.3, 0.4) is 0 Å². The third kappa shape index (κ3) is 9.84. The van der Waals surface area contributed by atoms with Crippen LogP contribution in [0, 0.1) is 0 Å². The second-order valence-corrected chi connectivity index (χ2v) is 3.67. The predicted molar refractivity (Wildman–Crippen MR) is 57.7 cm³/mol. The molecular formula is C11H25NO. The number of aliphatic hydroxyl groups is 1. The van der Waals surface area contributed by atoms with Gasteiger partial charge >= 0.3 is 0 Å². The zero-order valence-corrected chi connectivity index (χ0v) is 9.18. The third-order valence-corrected chi connectivity index (χ3v) is 2.24. The van der Waals surface area contributed by atoms with E-state index in [1.54, 1.807) is 0 Å². The van der Waals surface area contributed by atoms with E-state index >= 15 is 0 Å². The first-order valence-corrected chi connectivity index (χ1v) is 5.72. The highest BCUT2D eigenvalue weighted by molar-refractivity contribution is 4.54. The summed E-state index contributed by atoms with van der Waals surface area (Å²) in [6.45, 7) is 5.33. The molecule has 2 N–H and O–H groups in total. The number of nitrogens with one attached hydrogen (secondary N) is 1. The summed E-state index contributed by atoms with van der Waals surface area (Å²) in [5, 5.41) is 12.6. The summed E-state index contributed by atoms with van der Waals surface area (Å²) < 4.78 is 0. The molecule has 0 aromatic rings. The van der Waals surface area contributed by atoms with Crippen LogP contribution in [-0.2, 0) is 0 Å². The van der Waals surface area contributed by atoms with E-state index in [4.69, 9.17) is 0 Å². The van der Waals surface area contributed by atoms with Crippen molar-refractivity contribution in [2.24, 2.45) is 0 Å². The highest BCUT2D eigenvalue weighted by Crippen LogP contribution is 2.01. The fourth-order valence-corrected chi connectivity index (χ4v) is 1.33. The van der Waals surface area contributed by atoms with Gasteiger partial charge in [0.25, 0.3) is 0 Å². The smallest absolute Gasteiger partial charge is 0.104 e. The lowest BCUT2D eigenvalue weighted by Crippen LogP contribution is -2.29. The van der Waals surface area contributed by atoms with E-state index in [1.807, 2.05) is 0 Å². The molecule has 0 aliphatic rings. The predicted octanol–water partition coefficient (Wildman–Crippen LogP) is 2.66. The Balaban J connectivity index is 3.05. The highest BCUT2D eigenvalue weighted by Gasteiger charge is 2.00. The topological polar surface area (TPSA) is 32.3 Å². The molecule has 0 aliphatic carbocycles. The third-order valence-electron chi connectivity index (χ3n) is 2.24. The van der Waals surface area contributed by atoms with Crippen molar-refractivity contribution in [2.75, 3.05) is 6.54 Å². The van der Waals surface area contributed by atoms with Gasteiger partial charge in [0.1, 0.15) is 6.23 Å². The second kappa shape index (κ2) is 10.0. The molecule has 0 aliphatic heterocycles. The summed E-state index contributed by atoms with van der Waals surface area (Å²) in [5.74, 6) is 0. The second-order valence-electron chi connectivity index (χ2n) is 3.67. The van der Waals surface area contributed by atoms with Crippen LogP contribution in [0.15, 0.2) is 0 Å². The first kappa shape index (κ1) is 12.9. The van der Waals surface area contributed by atoms with E-state index in [0.29, 0.717) is 0 Å². The summed E-state index contributed by atoms with van der Waals surface area (Å²) in [4.78, 5) is 0. The quantitative estimate of drug-likeness (QED) is 0.429. The molecule has 0 heterocycles. The fourth-order valence-electron chi connectivity index (χ4n) is 1.33. The Morgan fingerprint density at radius 1 is 1.00 bits per heavy atom. The molecule has 80 valence electrons. The van der Waals surface area contributed by atoms with Gasteiger partial charge in [0, 0.05) is 0 Å². The molecule has 0 fully saturated rings. The van der Waals surface area contributed by atoms with Gasteiger partial charge in [0.2, 0.25) is 0 Å². The van der Waals surface area contributed by atoms with Gasteiger partial charge in [-0.2, -0.15) is 0 Å². The maximum absolute atomic E-state index is 9.46. The first-order chi connectivity index (χ1) is 6.31. The van der Waals surface area contributed by atoms with E-state index in [9.17, 15) is 5.11 Å². The van der Waals surface area contributed by atoms with E-state index < -0.39 is 0 Å². The fraction of sp³-hybridized carbons (Fsp3) is 1.00. The molecule has 0 bridgehead atoms. The van der Waals surface area contributed by atoms with E-state index in [0.717, 1.165) is 19.4 Å². The van der Waals surface area contributed by atoms with Crippen LogP contribution in [0.1, 0.15) is 58.8 Å². The molecule has 0 saturated carbocycles. The minimum atomic E-state index is -0.275. The standard InChI is InChI=1S/C11H25NO/c1-3-5-7-9-11(13)12-10-8-6-4-2/h11-13H,3-10H2,1-2H3. The zero-order valence-electron chi connectivity index (χ0n) is 9.18. The summed E-state index contributed by atoms with van der Waals surface area (Å²) >= 11 is 0. The molecular weight excluding hydrogens is 162 g/mol. The van der Waals surface area contributed by atoms with Gasteiger partial charge in [-0.1, -0.05) is 39.5 Å².